The predicted molar refractivity (Wildman–Crippen MR) is 73.5 cm³/mol. The number of nitrogens with one attached hydrogen (secondary N) is 2. The summed E-state index contributed by atoms with van der Waals surface area (Å²) in [5.41, 5.74) is 0.643. The minimum Gasteiger partial charge on any atom is -0.378 e. The number of hydrogen-bond acceptors (Lipinski definition) is 7. The number of piperidine rings is 1. The van der Waals surface area contributed by atoms with E-state index in [0.29, 0.717) is 11.8 Å². The van der Waals surface area contributed by atoms with E-state index in [0.717, 1.165) is 51.3 Å². The molecular formula is C12H19N7O. The first-order chi connectivity index (χ1) is 9.92. The molecule has 0 unspecified atom stereocenters. The van der Waals surface area contributed by atoms with Crippen LogP contribution in [0.5, 0.6) is 0 Å². The Kier molecular flexibility index (Phi) is 4.34. The quantitative estimate of drug-likeness (QED) is 0.723. The van der Waals surface area contributed by atoms with Crippen molar-refractivity contribution >= 4 is 11.5 Å². The van der Waals surface area contributed by atoms with Crippen molar-refractivity contribution in [3.05, 3.63) is 12.1 Å². The molecule has 0 saturated carbocycles. The molecule has 0 aromatic carbocycles. The Balaban J connectivity index is 1.36. The van der Waals surface area contributed by atoms with Gasteiger partial charge in [-0.15, -0.1) is 14.8 Å². The lowest BCUT2D eigenvalue weighted by molar-refractivity contribution is 0.0329. The fourth-order valence-corrected chi connectivity index (χ4v) is 2.24. The maximum Gasteiger partial charge on any atom is 0.200 e. The lowest BCUT2D eigenvalue weighted by Crippen LogP contribution is -2.32. The fraction of sp³-hybridized carbons (Fsp3) is 0.667. The molecule has 8 nitrogen and oxygen atoms in total. The summed E-state index contributed by atoms with van der Waals surface area (Å²) in [5.74, 6) is 0.770. The highest BCUT2D eigenvalue weighted by molar-refractivity contribution is 5.41. The minimum atomic E-state index is 0.423. The van der Waals surface area contributed by atoms with Crippen molar-refractivity contribution in [2.75, 3.05) is 31.6 Å². The molecule has 3 heterocycles. The van der Waals surface area contributed by atoms with E-state index in [1.165, 1.54) is 4.63 Å². The van der Waals surface area contributed by atoms with Crippen molar-refractivity contribution in [2.45, 2.75) is 25.4 Å². The molecule has 1 saturated heterocycles. The van der Waals surface area contributed by atoms with Gasteiger partial charge in [0, 0.05) is 13.2 Å². The Labute approximate surface area is 116 Å². The van der Waals surface area contributed by atoms with Gasteiger partial charge in [-0.25, -0.2) is 0 Å². The van der Waals surface area contributed by atoms with Gasteiger partial charge in [0.25, 0.3) is 0 Å². The first-order valence-corrected chi connectivity index (χ1v) is 7.03. The van der Waals surface area contributed by atoms with Crippen LogP contribution in [0.25, 0.3) is 5.65 Å². The van der Waals surface area contributed by atoms with Crippen LogP contribution in [-0.2, 0) is 4.74 Å². The summed E-state index contributed by atoms with van der Waals surface area (Å²) in [6.07, 6.45) is 3.61. The Morgan fingerprint density at radius 1 is 1.35 bits per heavy atom. The Bertz CT molecular complexity index is 537. The number of aromatic nitrogens is 5. The summed E-state index contributed by atoms with van der Waals surface area (Å²) < 4.78 is 7.25. The fourth-order valence-electron chi connectivity index (χ4n) is 2.24. The topological polar surface area (TPSA) is 89.3 Å². The molecular weight excluding hydrogens is 258 g/mol. The maximum atomic E-state index is 5.84. The van der Waals surface area contributed by atoms with Crippen molar-refractivity contribution in [3.63, 3.8) is 0 Å². The molecule has 0 atom stereocenters. The van der Waals surface area contributed by atoms with Gasteiger partial charge in [0.15, 0.2) is 5.65 Å². The molecule has 1 aliphatic rings. The monoisotopic (exact) mass is 277 g/mol. The molecule has 0 aliphatic carbocycles. The first kappa shape index (κ1) is 13.2. The zero-order valence-corrected chi connectivity index (χ0v) is 11.3. The van der Waals surface area contributed by atoms with E-state index in [1.807, 2.05) is 12.1 Å². The maximum absolute atomic E-state index is 5.84. The van der Waals surface area contributed by atoms with Crippen LogP contribution in [-0.4, -0.2) is 57.6 Å². The van der Waals surface area contributed by atoms with Crippen LogP contribution < -0.4 is 10.6 Å². The number of hydrogen-bond donors (Lipinski definition) is 2. The minimum absolute atomic E-state index is 0.423. The SMILES string of the molecule is c1cc2nnnn2nc1NCCCOC1CCNCC1. The van der Waals surface area contributed by atoms with E-state index in [2.05, 4.69) is 31.3 Å². The molecule has 2 aromatic heterocycles. The van der Waals surface area contributed by atoms with Crippen LogP contribution in [0.2, 0.25) is 0 Å². The Hall–Kier alpha value is -1.80. The highest BCUT2D eigenvalue weighted by Crippen LogP contribution is 2.08. The number of rotatable bonds is 6. The number of ether oxygens (including phenoxy) is 1. The summed E-state index contributed by atoms with van der Waals surface area (Å²) in [4.78, 5) is 0. The summed E-state index contributed by atoms with van der Waals surface area (Å²) in [7, 11) is 0. The van der Waals surface area contributed by atoms with Gasteiger partial charge >= 0.3 is 0 Å². The van der Waals surface area contributed by atoms with Crippen molar-refractivity contribution < 1.29 is 4.74 Å². The normalized spacial score (nSPS) is 16.6. The van der Waals surface area contributed by atoms with Gasteiger partial charge in [-0.1, -0.05) is 0 Å². The second-order valence-corrected chi connectivity index (χ2v) is 4.85. The third kappa shape index (κ3) is 3.40. The van der Waals surface area contributed by atoms with Gasteiger partial charge in [-0.05, 0) is 54.9 Å². The van der Waals surface area contributed by atoms with Gasteiger partial charge in [-0.3, -0.25) is 0 Å². The van der Waals surface area contributed by atoms with Gasteiger partial charge < -0.3 is 15.4 Å². The molecule has 2 aromatic rings. The van der Waals surface area contributed by atoms with E-state index < -0.39 is 0 Å². The van der Waals surface area contributed by atoms with Gasteiger partial charge in [0.1, 0.15) is 5.82 Å². The summed E-state index contributed by atoms with van der Waals surface area (Å²) >= 11 is 0. The van der Waals surface area contributed by atoms with Crippen LogP contribution in [0.3, 0.4) is 0 Å². The lowest BCUT2D eigenvalue weighted by atomic mass is 10.1. The van der Waals surface area contributed by atoms with Crippen LogP contribution in [0.15, 0.2) is 12.1 Å². The molecule has 3 rings (SSSR count). The molecule has 1 aliphatic heterocycles. The summed E-state index contributed by atoms with van der Waals surface area (Å²) in [5, 5.41) is 21.9. The number of tetrazole rings is 1. The molecule has 1 fully saturated rings. The summed E-state index contributed by atoms with van der Waals surface area (Å²) in [6, 6.07) is 3.71. The second kappa shape index (κ2) is 6.58. The van der Waals surface area contributed by atoms with Crippen LogP contribution in [0.1, 0.15) is 19.3 Å². The average molecular weight is 277 g/mol. The van der Waals surface area contributed by atoms with Crippen molar-refractivity contribution in [3.8, 4) is 0 Å². The largest absolute Gasteiger partial charge is 0.378 e. The molecule has 108 valence electrons. The smallest absolute Gasteiger partial charge is 0.200 e. The van der Waals surface area contributed by atoms with Gasteiger partial charge in [0.05, 0.1) is 6.10 Å². The van der Waals surface area contributed by atoms with Crippen molar-refractivity contribution in [2.24, 2.45) is 0 Å². The molecule has 8 heteroatoms. The third-order valence-corrected chi connectivity index (χ3v) is 3.34. The zero-order valence-electron chi connectivity index (χ0n) is 11.3. The van der Waals surface area contributed by atoms with Crippen molar-refractivity contribution in [1.82, 2.24) is 30.6 Å². The van der Waals surface area contributed by atoms with E-state index in [9.17, 15) is 0 Å². The second-order valence-electron chi connectivity index (χ2n) is 4.85. The van der Waals surface area contributed by atoms with Crippen LogP contribution >= 0.6 is 0 Å². The molecule has 0 radical (unpaired) electrons. The molecule has 20 heavy (non-hydrogen) atoms. The first-order valence-electron chi connectivity index (χ1n) is 7.03. The molecule has 0 spiro atoms. The number of fused-ring (bicyclic) bond motifs is 1. The molecule has 0 amide bonds. The summed E-state index contributed by atoms with van der Waals surface area (Å²) in [6.45, 7) is 3.74. The third-order valence-electron chi connectivity index (χ3n) is 3.34. The molecule has 2 N–H and O–H groups in total. The highest BCUT2D eigenvalue weighted by atomic mass is 16.5. The Morgan fingerprint density at radius 2 is 2.25 bits per heavy atom. The van der Waals surface area contributed by atoms with Crippen LogP contribution in [0, 0.1) is 0 Å². The highest BCUT2D eigenvalue weighted by Gasteiger charge is 2.12. The van der Waals surface area contributed by atoms with Crippen molar-refractivity contribution in [1.29, 1.82) is 0 Å². The lowest BCUT2D eigenvalue weighted by Gasteiger charge is -2.22. The van der Waals surface area contributed by atoms with Gasteiger partial charge in [-0.2, -0.15) is 0 Å². The zero-order chi connectivity index (χ0) is 13.6. The standard InChI is InChI=1S/C12H19N7O/c1(9-20-10-4-7-13-8-5-10)6-14-11-2-3-12-15-17-18-19(12)16-11/h2-3,10,13H,1,4-9H2,(H,14,16). The van der Waals surface area contributed by atoms with Crippen LogP contribution in [0.4, 0.5) is 5.82 Å². The van der Waals surface area contributed by atoms with E-state index in [1.54, 1.807) is 0 Å². The van der Waals surface area contributed by atoms with E-state index in [-0.39, 0.29) is 0 Å². The van der Waals surface area contributed by atoms with E-state index in [4.69, 9.17) is 4.74 Å². The predicted octanol–water partition coefficient (Wildman–Crippen LogP) is 0.0899. The average Bonchev–Trinajstić information content (AvgIpc) is 2.95. The Morgan fingerprint density at radius 3 is 3.15 bits per heavy atom. The van der Waals surface area contributed by atoms with Gasteiger partial charge in [0.2, 0.25) is 0 Å². The molecule has 0 bridgehead atoms. The number of nitrogens with zero attached hydrogens (tertiary/aromatic N) is 5. The number of anilines is 1. The van der Waals surface area contributed by atoms with E-state index >= 15 is 0 Å².